The summed E-state index contributed by atoms with van der Waals surface area (Å²) in [7, 11) is 0. The molecular formula is C51H62N8O5. The van der Waals surface area contributed by atoms with Crippen molar-refractivity contribution in [3.8, 4) is 0 Å². The van der Waals surface area contributed by atoms with Crippen molar-refractivity contribution in [3.63, 3.8) is 0 Å². The average Bonchev–Trinajstić information content (AvgIpc) is 3.89. The van der Waals surface area contributed by atoms with Gasteiger partial charge in [-0.15, -0.1) is 0 Å². The Morgan fingerprint density at radius 1 is 0.484 bits per heavy atom. The van der Waals surface area contributed by atoms with Gasteiger partial charge in [0.15, 0.2) is 0 Å². The standard InChI is InChI=1S/C51H62N8O5/c1-32(2)23-24-53-48(61)43(25-33(3)4)57-51(64)46(29-37-31-55-42-22-14-12-20-39(37)42)59-49(62)44(27-35-17-9-6-10-18-35)58-50(63)45(28-36-30-54-41-21-13-11-19-38(36)41)56-47(60)40(52)26-34-15-7-5-8-16-34/h5-22,30-33,40,43-46,54-55H,23-29,52H2,1-4H3,(H,53,61)(H,56,60)(H,57,64)(H,58,63)(H,59,62)/t40-,43+,44+,45-,46-/m1/s1. The van der Waals surface area contributed by atoms with Crippen molar-refractivity contribution in [3.05, 3.63) is 144 Å². The molecule has 2 heterocycles. The zero-order valence-electron chi connectivity index (χ0n) is 37.2. The molecule has 0 saturated carbocycles. The van der Waals surface area contributed by atoms with E-state index in [2.05, 4.69) is 50.4 Å². The van der Waals surface area contributed by atoms with Crippen molar-refractivity contribution in [2.45, 2.75) is 96.4 Å². The molecule has 5 atom stereocenters. The van der Waals surface area contributed by atoms with Crippen LogP contribution in [0.2, 0.25) is 0 Å². The fraction of sp³-hybridized carbons (Fsp3) is 0.353. The maximum Gasteiger partial charge on any atom is 0.243 e. The number of H-pyrrole nitrogens is 2. The van der Waals surface area contributed by atoms with Gasteiger partial charge >= 0.3 is 0 Å². The molecule has 13 nitrogen and oxygen atoms in total. The van der Waals surface area contributed by atoms with E-state index in [-0.39, 0.29) is 37.5 Å². The second kappa shape index (κ2) is 22.6. The molecule has 0 spiro atoms. The number of carbonyl (C=O) groups is 5. The molecule has 0 bridgehead atoms. The van der Waals surface area contributed by atoms with E-state index < -0.39 is 53.8 Å². The van der Waals surface area contributed by atoms with E-state index in [1.165, 1.54) is 0 Å². The summed E-state index contributed by atoms with van der Waals surface area (Å²) in [5.74, 6) is -2.10. The first-order valence-corrected chi connectivity index (χ1v) is 22.3. The van der Waals surface area contributed by atoms with Crippen LogP contribution in [0.3, 0.4) is 0 Å². The number of rotatable bonds is 22. The predicted molar refractivity (Wildman–Crippen MR) is 252 cm³/mol. The zero-order valence-corrected chi connectivity index (χ0v) is 37.2. The lowest BCUT2D eigenvalue weighted by atomic mass is 9.99. The van der Waals surface area contributed by atoms with Crippen molar-refractivity contribution < 1.29 is 24.0 Å². The van der Waals surface area contributed by atoms with Crippen LogP contribution in [0.1, 0.15) is 62.8 Å². The summed E-state index contributed by atoms with van der Waals surface area (Å²) in [6.45, 7) is 8.58. The molecule has 0 saturated heterocycles. The fourth-order valence-electron chi connectivity index (χ4n) is 7.89. The van der Waals surface area contributed by atoms with Crippen molar-refractivity contribution in [1.29, 1.82) is 0 Å². The van der Waals surface area contributed by atoms with Crippen LogP contribution >= 0.6 is 0 Å². The van der Waals surface area contributed by atoms with Crippen LogP contribution in [0.5, 0.6) is 0 Å². The van der Waals surface area contributed by atoms with Crippen LogP contribution in [-0.4, -0.2) is 76.3 Å². The number of aromatic amines is 2. The molecule has 6 aromatic rings. The molecule has 9 N–H and O–H groups in total. The summed E-state index contributed by atoms with van der Waals surface area (Å²) in [4.78, 5) is 77.6. The van der Waals surface area contributed by atoms with Gasteiger partial charge < -0.3 is 42.3 Å². The van der Waals surface area contributed by atoms with Crippen LogP contribution < -0.4 is 32.3 Å². The Morgan fingerprint density at radius 3 is 1.39 bits per heavy atom. The van der Waals surface area contributed by atoms with Gasteiger partial charge in [-0.1, -0.05) is 125 Å². The minimum atomic E-state index is -1.18. The molecule has 0 aliphatic carbocycles. The third-order valence-electron chi connectivity index (χ3n) is 11.4. The molecule has 64 heavy (non-hydrogen) atoms. The van der Waals surface area contributed by atoms with E-state index in [0.717, 1.165) is 50.5 Å². The van der Waals surface area contributed by atoms with E-state index in [1.807, 2.05) is 129 Å². The highest BCUT2D eigenvalue weighted by Crippen LogP contribution is 2.21. The van der Waals surface area contributed by atoms with Crippen LogP contribution in [0.15, 0.2) is 122 Å². The van der Waals surface area contributed by atoms with Crippen LogP contribution in [0.4, 0.5) is 0 Å². The van der Waals surface area contributed by atoms with Gasteiger partial charge in [-0.25, -0.2) is 0 Å². The Labute approximate surface area is 375 Å². The largest absolute Gasteiger partial charge is 0.361 e. The minimum absolute atomic E-state index is 0.0787. The summed E-state index contributed by atoms with van der Waals surface area (Å²) in [6, 6.07) is 28.7. The fourth-order valence-corrected chi connectivity index (χ4v) is 7.89. The lowest BCUT2D eigenvalue weighted by molar-refractivity contribution is -0.134. The third-order valence-corrected chi connectivity index (χ3v) is 11.4. The Hall–Kier alpha value is -6.73. The Bertz CT molecular complexity index is 2480. The molecule has 0 fully saturated rings. The molecular weight excluding hydrogens is 805 g/mol. The molecule has 5 amide bonds. The van der Waals surface area contributed by atoms with Gasteiger partial charge in [0.05, 0.1) is 6.04 Å². The van der Waals surface area contributed by atoms with Crippen molar-refractivity contribution >= 4 is 51.3 Å². The normalized spacial score (nSPS) is 13.8. The highest BCUT2D eigenvalue weighted by atomic mass is 16.2. The number of para-hydroxylation sites is 2. The maximum atomic E-state index is 14.7. The van der Waals surface area contributed by atoms with E-state index in [4.69, 9.17) is 5.73 Å². The molecule has 0 unspecified atom stereocenters. The van der Waals surface area contributed by atoms with Crippen LogP contribution in [0.25, 0.3) is 21.8 Å². The molecule has 13 heteroatoms. The summed E-state index contributed by atoms with van der Waals surface area (Å²) >= 11 is 0. The molecule has 6 rings (SSSR count). The summed E-state index contributed by atoms with van der Waals surface area (Å²) in [5.41, 5.74) is 11.4. The van der Waals surface area contributed by atoms with Gasteiger partial charge in [0, 0.05) is 60.0 Å². The second-order valence-electron chi connectivity index (χ2n) is 17.5. The van der Waals surface area contributed by atoms with Gasteiger partial charge in [-0.2, -0.15) is 0 Å². The van der Waals surface area contributed by atoms with Crippen LogP contribution in [0, 0.1) is 11.8 Å². The summed E-state index contributed by atoms with van der Waals surface area (Å²) in [6.07, 6.45) is 5.31. The highest BCUT2D eigenvalue weighted by Gasteiger charge is 2.33. The van der Waals surface area contributed by atoms with Gasteiger partial charge in [0.1, 0.15) is 24.2 Å². The lowest BCUT2D eigenvalue weighted by Gasteiger charge is -2.27. The van der Waals surface area contributed by atoms with Crippen molar-refractivity contribution in [2.24, 2.45) is 17.6 Å². The number of nitrogens with two attached hydrogens (primary N) is 1. The molecule has 0 radical (unpaired) electrons. The number of amides is 5. The molecule has 4 aromatic carbocycles. The van der Waals surface area contributed by atoms with Crippen molar-refractivity contribution in [1.82, 2.24) is 36.6 Å². The SMILES string of the molecule is CC(C)CCNC(=O)[C@H](CC(C)C)NC(=O)[C@@H](Cc1c[nH]c2ccccc12)NC(=O)[C@H](Cc1ccccc1)NC(=O)[C@@H](Cc1c[nH]c2ccccc12)NC(=O)[C@H](N)Cc1ccccc1. The second-order valence-corrected chi connectivity index (χ2v) is 17.5. The zero-order chi connectivity index (χ0) is 45.6. The van der Waals surface area contributed by atoms with Gasteiger partial charge in [-0.3, -0.25) is 24.0 Å². The van der Waals surface area contributed by atoms with E-state index >= 15 is 0 Å². The minimum Gasteiger partial charge on any atom is -0.361 e. The quantitative estimate of drug-likeness (QED) is 0.0449. The summed E-state index contributed by atoms with van der Waals surface area (Å²) < 4.78 is 0. The Morgan fingerprint density at radius 2 is 0.906 bits per heavy atom. The molecule has 0 aliphatic heterocycles. The number of hydrogen-bond acceptors (Lipinski definition) is 6. The first-order chi connectivity index (χ1) is 30.8. The maximum absolute atomic E-state index is 14.7. The number of hydrogen-bond donors (Lipinski definition) is 8. The predicted octanol–water partition coefficient (Wildman–Crippen LogP) is 5.39. The molecule has 0 aliphatic rings. The monoisotopic (exact) mass is 866 g/mol. The first-order valence-electron chi connectivity index (χ1n) is 22.3. The number of fused-ring (bicyclic) bond motifs is 2. The molecule has 336 valence electrons. The Balaban J connectivity index is 1.29. The van der Waals surface area contributed by atoms with Crippen molar-refractivity contribution in [2.75, 3.05) is 6.54 Å². The Kier molecular flexibility index (Phi) is 16.5. The number of aromatic nitrogens is 2. The highest BCUT2D eigenvalue weighted by molar-refractivity contribution is 5.97. The van der Waals surface area contributed by atoms with Gasteiger partial charge in [0.25, 0.3) is 0 Å². The number of nitrogens with one attached hydrogen (secondary N) is 7. The van der Waals surface area contributed by atoms with E-state index in [1.54, 1.807) is 6.20 Å². The third kappa shape index (κ3) is 13.1. The topological polar surface area (TPSA) is 203 Å². The lowest BCUT2D eigenvalue weighted by Crippen LogP contribution is -2.60. The van der Waals surface area contributed by atoms with Crippen LogP contribution in [-0.2, 0) is 49.7 Å². The van der Waals surface area contributed by atoms with Gasteiger partial charge in [-0.05, 0) is 65.5 Å². The number of carbonyl (C=O) groups excluding carboxylic acids is 5. The van der Waals surface area contributed by atoms with Gasteiger partial charge in [0.2, 0.25) is 29.5 Å². The average molecular weight is 867 g/mol. The molecule has 2 aromatic heterocycles. The van der Waals surface area contributed by atoms with E-state index in [9.17, 15) is 24.0 Å². The first kappa shape index (κ1) is 46.8. The summed E-state index contributed by atoms with van der Waals surface area (Å²) in [5, 5.41) is 16.5. The smallest absolute Gasteiger partial charge is 0.243 e. The number of benzene rings is 4. The van der Waals surface area contributed by atoms with E-state index in [0.29, 0.717) is 18.9 Å².